The predicted molar refractivity (Wildman–Crippen MR) is 78.4 cm³/mol. The summed E-state index contributed by atoms with van der Waals surface area (Å²) in [5.41, 5.74) is 0.966. The Morgan fingerprint density at radius 1 is 1.20 bits per heavy atom. The fourth-order valence-corrected chi connectivity index (χ4v) is 3.42. The third-order valence-corrected chi connectivity index (χ3v) is 4.92. The Hall–Kier alpha value is -1.35. The van der Waals surface area contributed by atoms with Gasteiger partial charge in [-0.05, 0) is 43.6 Å². The number of carbonyl (C=O) groups is 1. The smallest absolute Gasteiger partial charge is 0.233 e. The molecule has 0 unspecified atom stereocenters. The van der Waals surface area contributed by atoms with Crippen molar-refractivity contribution in [1.82, 2.24) is 4.90 Å². The van der Waals surface area contributed by atoms with Crippen LogP contribution in [0.1, 0.15) is 37.7 Å². The van der Waals surface area contributed by atoms with Gasteiger partial charge in [0.15, 0.2) is 0 Å². The molecular formula is C17H23NO2. The van der Waals surface area contributed by atoms with Crippen LogP contribution in [0.3, 0.4) is 0 Å². The molecule has 0 aromatic heterocycles. The molecule has 2 fully saturated rings. The molecule has 3 rings (SSSR count). The molecule has 1 N–H and O–H groups in total. The second-order valence-corrected chi connectivity index (χ2v) is 6.20. The van der Waals surface area contributed by atoms with Crippen LogP contribution < -0.4 is 0 Å². The van der Waals surface area contributed by atoms with Crippen molar-refractivity contribution < 1.29 is 9.90 Å². The fourth-order valence-electron chi connectivity index (χ4n) is 3.42. The van der Waals surface area contributed by atoms with Crippen molar-refractivity contribution in [2.24, 2.45) is 5.92 Å². The fraction of sp³-hybridized carbons (Fsp3) is 0.588. The minimum absolute atomic E-state index is 0.217. The van der Waals surface area contributed by atoms with Gasteiger partial charge in [-0.2, -0.15) is 0 Å². The highest BCUT2D eigenvalue weighted by atomic mass is 16.3. The van der Waals surface area contributed by atoms with Crippen LogP contribution in [0.4, 0.5) is 0 Å². The summed E-state index contributed by atoms with van der Waals surface area (Å²) in [5.74, 6) is 0.919. The van der Waals surface area contributed by atoms with E-state index in [1.54, 1.807) is 0 Å². The molecule has 3 nitrogen and oxygen atoms in total. The van der Waals surface area contributed by atoms with Crippen LogP contribution in [0.15, 0.2) is 30.3 Å². The van der Waals surface area contributed by atoms with Crippen LogP contribution in [0.25, 0.3) is 0 Å². The molecule has 1 aromatic carbocycles. The largest absolute Gasteiger partial charge is 0.396 e. The first kappa shape index (κ1) is 13.6. The first-order valence-corrected chi connectivity index (χ1v) is 7.72. The zero-order valence-corrected chi connectivity index (χ0v) is 11.9. The highest BCUT2D eigenvalue weighted by Crippen LogP contribution is 2.49. The number of benzene rings is 1. The van der Waals surface area contributed by atoms with Crippen molar-refractivity contribution in [1.29, 1.82) is 0 Å². The summed E-state index contributed by atoms with van der Waals surface area (Å²) >= 11 is 0. The van der Waals surface area contributed by atoms with Crippen LogP contribution in [-0.2, 0) is 10.2 Å². The van der Waals surface area contributed by atoms with Crippen LogP contribution in [0.2, 0.25) is 0 Å². The van der Waals surface area contributed by atoms with Gasteiger partial charge in [-0.25, -0.2) is 0 Å². The molecule has 0 radical (unpaired) electrons. The normalized spacial score (nSPS) is 21.8. The molecule has 1 saturated carbocycles. The molecule has 0 bridgehead atoms. The monoisotopic (exact) mass is 273 g/mol. The van der Waals surface area contributed by atoms with Crippen molar-refractivity contribution >= 4 is 5.91 Å². The maximum absolute atomic E-state index is 12.8. The van der Waals surface area contributed by atoms with Gasteiger partial charge in [-0.1, -0.05) is 30.3 Å². The second kappa shape index (κ2) is 5.57. The summed E-state index contributed by atoms with van der Waals surface area (Å²) in [7, 11) is 0. The SMILES string of the molecule is O=C(N1CCC(CCO)CC1)C1(c2ccccc2)CC1. The molecule has 108 valence electrons. The van der Waals surface area contributed by atoms with E-state index in [0.29, 0.717) is 11.8 Å². The van der Waals surface area contributed by atoms with Gasteiger partial charge >= 0.3 is 0 Å². The van der Waals surface area contributed by atoms with E-state index in [4.69, 9.17) is 5.11 Å². The van der Waals surface area contributed by atoms with Crippen molar-refractivity contribution in [2.45, 2.75) is 37.5 Å². The van der Waals surface area contributed by atoms with Crippen LogP contribution in [0.5, 0.6) is 0 Å². The Morgan fingerprint density at radius 3 is 2.40 bits per heavy atom. The van der Waals surface area contributed by atoms with E-state index in [2.05, 4.69) is 12.1 Å². The van der Waals surface area contributed by atoms with Gasteiger partial charge in [0.2, 0.25) is 5.91 Å². The third-order valence-electron chi connectivity index (χ3n) is 4.92. The van der Waals surface area contributed by atoms with Gasteiger partial charge in [-0.3, -0.25) is 4.79 Å². The summed E-state index contributed by atoms with van der Waals surface area (Å²) < 4.78 is 0. The quantitative estimate of drug-likeness (QED) is 0.914. The molecule has 20 heavy (non-hydrogen) atoms. The number of piperidine rings is 1. The van der Waals surface area contributed by atoms with Crippen LogP contribution in [-0.4, -0.2) is 35.6 Å². The Kier molecular flexibility index (Phi) is 3.79. The number of hydrogen-bond acceptors (Lipinski definition) is 2. The molecule has 1 aliphatic carbocycles. The molecule has 1 heterocycles. The lowest BCUT2D eigenvalue weighted by molar-refractivity contribution is -0.135. The summed E-state index contributed by atoms with van der Waals surface area (Å²) in [5, 5.41) is 9.00. The zero-order chi connectivity index (χ0) is 14.0. The standard InChI is InChI=1S/C17H23NO2/c19-13-8-14-6-11-18(12-7-14)16(20)17(9-10-17)15-4-2-1-3-5-15/h1-5,14,19H,6-13H2. The number of rotatable bonds is 4. The van der Waals surface area contributed by atoms with Gasteiger partial charge in [0, 0.05) is 19.7 Å². The second-order valence-electron chi connectivity index (χ2n) is 6.20. The first-order valence-electron chi connectivity index (χ1n) is 7.72. The maximum Gasteiger partial charge on any atom is 0.233 e. The number of carbonyl (C=O) groups excluding carboxylic acids is 1. The summed E-state index contributed by atoms with van der Waals surface area (Å²) in [6, 6.07) is 10.2. The van der Waals surface area contributed by atoms with Gasteiger partial charge in [-0.15, -0.1) is 0 Å². The lowest BCUT2D eigenvalue weighted by Crippen LogP contribution is -2.44. The molecule has 0 spiro atoms. The molecular weight excluding hydrogens is 250 g/mol. The minimum Gasteiger partial charge on any atom is -0.396 e. The Labute approximate surface area is 120 Å². The Balaban J connectivity index is 1.66. The van der Waals surface area contributed by atoms with E-state index >= 15 is 0 Å². The number of hydrogen-bond donors (Lipinski definition) is 1. The lowest BCUT2D eigenvalue weighted by atomic mass is 9.90. The van der Waals surface area contributed by atoms with E-state index < -0.39 is 0 Å². The van der Waals surface area contributed by atoms with Crippen molar-refractivity contribution in [3.63, 3.8) is 0 Å². The zero-order valence-electron chi connectivity index (χ0n) is 11.9. The van der Waals surface area contributed by atoms with Gasteiger partial charge in [0.05, 0.1) is 5.41 Å². The van der Waals surface area contributed by atoms with Crippen molar-refractivity contribution in [3.05, 3.63) is 35.9 Å². The minimum atomic E-state index is -0.217. The number of aliphatic hydroxyl groups excluding tert-OH is 1. The van der Waals surface area contributed by atoms with Crippen molar-refractivity contribution in [2.75, 3.05) is 19.7 Å². The number of likely N-dealkylation sites (tertiary alicyclic amines) is 1. The van der Waals surface area contributed by atoms with Gasteiger partial charge < -0.3 is 10.0 Å². The van der Waals surface area contributed by atoms with E-state index in [1.165, 1.54) is 5.56 Å². The highest BCUT2D eigenvalue weighted by Gasteiger charge is 2.53. The molecule has 3 heteroatoms. The predicted octanol–water partition coefficient (Wildman–Crippen LogP) is 2.34. The summed E-state index contributed by atoms with van der Waals surface area (Å²) in [4.78, 5) is 14.9. The lowest BCUT2D eigenvalue weighted by Gasteiger charge is -2.34. The van der Waals surface area contributed by atoms with E-state index in [0.717, 1.165) is 45.2 Å². The highest BCUT2D eigenvalue weighted by molar-refractivity contribution is 5.91. The number of amides is 1. The number of aliphatic hydroxyl groups is 1. The summed E-state index contributed by atoms with van der Waals surface area (Å²) in [6.45, 7) is 1.99. The molecule has 1 amide bonds. The van der Waals surface area contributed by atoms with E-state index in [1.807, 2.05) is 23.1 Å². The topological polar surface area (TPSA) is 40.5 Å². The summed E-state index contributed by atoms with van der Waals surface area (Å²) in [6.07, 6.45) is 4.94. The molecule has 1 saturated heterocycles. The first-order chi connectivity index (χ1) is 9.76. The maximum atomic E-state index is 12.8. The van der Waals surface area contributed by atoms with Gasteiger partial charge in [0.25, 0.3) is 0 Å². The molecule has 1 aliphatic heterocycles. The molecule has 2 aliphatic rings. The van der Waals surface area contributed by atoms with Gasteiger partial charge in [0.1, 0.15) is 0 Å². The van der Waals surface area contributed by atoms with Crippen molar-refractivity contribution in [3.8, 4) is 0 Å². The Morgan fingerprint density at radius 2 is 1.85 bits per heavy atom. The molecule has 0 atom stereocenters. The number of nitrogens with zero attached hydrogens (tertiary/aromatic N) is 1. The van der Waals surface area contributed by atoms with E-state index in [-0.39, 0.29) is 12.0 Å². The average molecular weight is 273 g/mol. The Bertz CT molecular complexity index is 459. The van der Waals surface area contributed by atoms with Crippen LogP contribution >= 0.6 is 0 Å². The van der Waals surface area contributed by atoms with E-state index in [9.17, 15) is 4.79 Å². The van der Waals surface area contributed by atoms with Crippen LogP contribution in [0, 0.1) is 5.92 Å². The molecule has 1 aromatic rings. The third kappa shape index (κ3) is 2.47. The average Bonchev–Trinajstić information content (AvgIpc) is 3.30.